The molecule has 176 valence electrons. The molecule has 0 radical (unpaired) electrons. The van der Waals surface area contributed by atoms with Crippen molar-refractivity contribution in [3.63, 3.8) is 0 Å². The fourth-order valence-electron chi connectivity index (χ4n) is 3.30. The Bertz CT molecular complexity index is 825. The number of benzene rings is 1. The van der Waals surface area contributed by atoms with Gasteiger partial charge in [0.1, 0.15) is 4.32 Å². The molecule has 1 aliphatic rings. The van der Waals surface area contributed by atoms with Crippen LogP contribution in [0.1, 0.15) is 70.8 Å². The molecular formula is C24H33NO5S2. The highest BCUT2D eigenvalue weighted by Gasteiger charge is 2.31. The second-order valence-corrected chi connectivity index (χ2v) is 9.26. The Labute approximate surface area is 200 Å². The zero-order valence-corrected chi connectivity index (χ0v) is 20.6. The van der Waals surface area contributed by atoms with E-state index in [9.17, 15) is 9.59 Å². The maximum atomic E-state index is 12.7. The van der Waals surface area contributed by atoms with E-state index < -0.39 is 5.97 Å². The molecule has 1 amide bonds. The molecule has 0 aromatic heterocycles. The number of carbonyl (C=O) groups is 2. The number of thiocarbonyl (C=S) groups is 1. The third kappa shape index (κ3) is 8.47. The normalized spacial score (nSPS) is 14.9. The van der Waals surface area contributed by atoms with Gasteiger partial charge in [0.05, 0.1) is 18.1 Å². The Hall–Kier alpha value is -2.06. The molecule has 1 aromatic carbocycles. The van der Waals surface area contributed by atoms with Crippen molar-refractivity contribution in [3.05, 3.63) is 28.7 Å². The summed E-state index contributed by atoms with van der Waals surface area (Å²) in [7, 11) is 0. The fourth-order valence-corrected chi connectivity index (χ4v) is 4.61. The van der Waals surface area contributed by atoms with Crippen LogP contribution >= 0.6 is 24.0 Å². The first kappa shape index (κ1) is 26.2. The van der Waals surface area contributed by atoms with Crippen LogP contribution in [0.5, 0.6) is 11.5 Å². The molecular weight excluding hydrogens is 446 g/mol. The molecule has 0 atom stereocenters. The zero-order chi connectivity index (χ0) is 23.3. The Morgan fingerprint density at radius 2 is 1.84 bits per heavy atom. The summed E-state index contributed by atoms with van der Waals surface area (Å²) in [5.74, 6) is 0.294. The summed E-state index contributed by atoms with van der Waals surface area (Å²) in [5.41, 5.74) is 0.825. The van der Waals surface area contributed by atoms with Crippen LogP contribution in [0.15, 0.2) is 23.1 Å². The van der Waals surface area contributed by atoms with Crippen LogP contribution in [0.3, 0.4) is 0 Å². The Morgan fingerprint density at radius 3 is 2.56 bits per heavy atom. The fraction of sp³-hybridized carbons (Fsp3) is 0.542. The minimum Gasteiger partial charge on any atom is -0.490 e. The minimum absolute atomic E-state index is 0.00796. The number of unbranched alkanes of at least 4 members (excludes halogenated alkanes) is 5. The number of rotatable bonds is 15. The number of ether oxygens (including phenoxy) is 2. The largest absolute Gasteiger partial charge is 0.490 e. The molecule has 1 aliphatic heterocycles. The van der Waals surface area contributed by atoms with E-state index in [1.807, 2.05) is 25.1 Å². The molecule has 1 saturated heterocycles. The van der Waals surface area contributed by atoms with E-state index in [2.05, 4.69) is 6.92 Å². The van der Waals surface area contributed by atoms with Gasteiger partial charge in [-0.25, -0.2) is 0 Å². The van der Waals surface area contributed by atoms with Crippen molar-refractivity contribution in [3.8, 4) is 11.5 Å². The molecule has 0 spiro atoms. The summed E-state index contributed by atoms with van der Waals surface area (Å²) in [6.45, 7) is 5.62. The minimum atomic E-state index is -0.881. The van der Waals surface area contributed by atoms with Gasteiger partial charge in [-0.15, -0.1) is 0 Å². The number of carboxylic acid groups (broad SMARTS) is 1. The van der Waals surface area contributed by atoms with Crippen molar-refractivity contribution in [2.45, 2.75) is 65.2 Å². The molecule has 1 heterocycles. The van der Waals surface area contributed by atoms with E-state index in [4.69, 9.17) is 26.8 Å². The quantitative estimate of drug-likeness (QED) is 0.191. The number of amides is 1. The average molecular weight is 480 g/mol. The van der Waals surface area contributed by atoms with Gasteiger partial charge in [-0.1, -0.05) is 69.1 Å². The van der Waals surface area contributed by atoms with Gasteiger partial charge < -0.3 is 14.6 Å². The molecule has 32 heavy (non-hydrogen) atoms. The van der Waals surface area contributed by atoms with Gasteiger partial charge in [-0.2, -0.15) is 0 Å². The highest BCUT2D eigenvalue weighted by atomic mass is 32.2. The van der Waals surface area contributed by atoms with Gasteiger partial charge >= 0.3 is 5.97 Å². The van der Waals surface area contributed by atoms with E-state index in [1.165, 1.54) is 42.3 Å². The van der Waals surface area contributed by atoms with E-state index in [-0.39, 0.29) is 12.3 Å². The summed E-state index contributed by atoms with van der Waals surface area (Å²) in [5, 5.41) is 8.79. The summed E-state index contributed by atoms with van der Waals surface area (Å²) in [6.07, 6.45) is 9.40. The van der Waals surface area contributed by atoms with Gasteiger partial charge in [-0.05, 0) is 43.5 Å². The highest BCUT2D eigenvalue weighted by molar-refractivity contribution is 8.26. The molecule has 0 aliphatic carbocycles. The summed E-state index contributed by atoms with van der Waals surface area (Å²) < 4.78 is 12.2. The van der Waals surface area contributed by atoms with Gasteiger partial charge in [0, 0.05) is 13.0 Å². The smallest absolute Gasteiger partial charge is 0.303 e. The Balaban J connectivity index is 1.98. The van der Waals surface area contributed by atoms with Crippen molar-refractivity contribution in [1.82, 2.24) is 4.90 Å². The molecule has 6 nitrogen and oxygen atoms in total. The lowest BCUT2D eigenvalue weighted by Gasteiger charge is -2.13. The molecule has 8 heteroatoms. The molecule has 0 bridgehead atoms. The third-order valence-electron chi connectivity index (χ3n) is 4.97. The molecule has 1 fully saturated rings. The van der Waals surface area contributed by atoms with Crippen molar-refractivity contribution in [1.29, 1.82) is 0 Å². The third-order valence-corrected chi connectivity index (χ3v) is 6.34. The van der Waals surface area contributed by atoms with Crippen LogP contribution in [0.2, 0.25) is 0 Å². The monoisotopic (exact) mass is 479 g/mol. The summed E-state index contributed by atoms with van der Waals surface area (Å²) >= 11 is 6.54. The number of carboxylic acids is 1. The second kappa shape index (κ2) is 14.2. The Morgan fingerprint density at radius 1 is 1.09 bits per heavy atom. The van der Waals surface area contributed by atoms with E-state index >= 15 is 0 Å². The Kier molecular flexibility index (Phi) is 11.6. The van der Waals surface area contributed by atoms with Crippen LogP contribution in [-0.4, -0.2) is 46.0 Å². The highest BCUT2D eigenvalue weighted by Crippen LogP contribution is 2.35. The molecule has 0 unspecified atom stereocenters. The number of aliphatic carboxylic acids is 1. The van der Waals surface area contributed by atoms with Crippen LogP contribution in [-0.2, 0) is 9.59 Å². The zero-order valence-electron chi connectivity index (χ0n) is 18.9. The van der Waals surface area contributed by atoms with Crippen molar-refractivity contribution in [2.24, 2.45) is 0 Å². The van der Waals surface area contributed by atoms with Gasteiger partial charge in [0.25, 0.3) is 5.91 Å². The van der Waals surface area contributed by atoms with Crippen LogP contribution in [0.4, 0.5) is 0 Å². The van der Waals surface area contributed by atoms with Crippen molar-refractivity contribution < 1.29 is 24.2 Å². The first-order chi connectivity index (χ1) is 15.5. The number of carbonyl (C=O) groups excluding carboxylic acids is 1. The van der Waals surface area contributed by atoms with Crippen LogP contribution in [0.25, 0.3) is 6.08 Å². The van der Waals surface area contributed by atoms with E-state index in [0.29, 0.717) is 46.9 Å². The molecule has 0 saturated carbocycles. The maximum Gasteiger partial charge on any atom is 0.303 e. The lowest BCUT2D eigenvalue weighted by molar-refractivity contribution is -0.137. The van der Waals surface area contributed by atoms with Crippen LogP contribution in [0, 0.1) is 0 Å². The van der Waals surface area contributed by atoms with Gasteiger partial charge in [-0.3, -0.25) is 14.5 Å². The predicted molar refractivity (Wildman–Crippen MR) is 133 cm³/mol. The lowest BCUT2D eigenvalue weighted by atomic mass is 10.1. The molecule has 1 N–H and O–H groups in total. The first-order valence-electron chi connectivity index (χ1n) is 11.3. The van der Waals surface area contributed by atoms with E-state index in [1.54, 1.807) is 6.08 Å². The molecule has 2 rings (SSSR count). The van der Waals surface area contributed by atoms with Crippen molar-refractivity contribution >= 4 is 46.3 Å². The standard InChI is InChI=1S/C24H33NO5S2/c1-3-5-6-7-8-9-15-30-19-13-12-18(16-20(19)29-4-2)17-21-23(28)25(24(31)32-21)14-10-11-22(26)27/h12-13,16-17H,3-11,14-15H2,1-2H3,(H,26,27)/b21-17-. The van der Waals surface area contributed by atoms with Gasteiger partial charge in [0.15, 0.2) is 11.5 Å². The molecule has 1 aromatic rings. The summed E-state index contributed by atoms with van der Waals surface area (Å²) in [6, 6.07) is 5.65. The average Bonchev–Trinajstić information content (AvgIpc) is 3.01. The summed E-state index contributed by atoms with van der Waals surface area (Å²) in [4.78, 5) is 25.4. The maximum absolute atomic E-state index is 12.7. The number of hydrogen-bond acceptors (Lipinski definition) is 6. The topological polar surface area (TPSA) is 76.1 Å². The lowest BCUT2D eigenvalue weighted by Crippen LogP contribution is -2.29. The number of thioether (sulfide) groups is 1. The van der Waals surface area contributed by atoms with Crippen molar-refractivity contribution in [2.75, 3.05) is 19.8 Å². The predicted octanol–water partition coefficient (Wildman–Crippen LogP) is 5.89. The second-order valence-electron chi connectivity index (χ2n) is 7.59. The van der Waals surface area contributed by atoms with Crippen LogP contribution < -0.4 is 9.47 Å². The number of hydrogen-bond donors (Lipinski definition) is 1. The first-order valence-corrected chi connectivity index (χ1v) is 12.6. The van der Waals surface area contributed by atoms with E-state index in [0.717, 1.165) is 18.4 Å². The SMILES string of the molecule is CCCCCCCCOc1ccc(/C=C2\SC(=S)N(CCCC(=O)O)C2=O)cc1OCC. The van der Waals surface area contributed by atoms with Gasteiger partial charge in [0.2, 0.25) is 0 Å². The number of nitrogens with zero attached hydrogens (tertiary/aromatic N) is 1.